The Balaban J connectivity index is 1.74. The molecule has 1 heterocycles. The highest BCUT2D eigenvalue weighted by atomic mass is 35.5. The van der Waals surface area contributed by atoms with Gasteiger partial charge in [-0.05, 0) is 12.8 Å². The molecule has 1 spiro atoms. The van der Waals surface area contributed by atoms with Crippen LogP contribution in [0.5, 0.6) is 5.75 Å². The van der Waals surface area contributed by atoms with Gasteiger partial charge in [0, 0.05) is 24.1 Å². The number of aliphatic hydroxyl groups excluding tert-OH is 1. The summed E-state index contributed by atoms with van der Waals surface area (Å²) in [5, 5.41) is 10.8. The predicted octanol–water partition coefficient (Wildman–Crippen LogP) is 3.59. The van der Waals surface area contributed by atoms with E-state index in [0.717, 1.165) is 19.3 Å². The van der Waals surface area contributed by atoms with Crippen molar-refractivity contribution < 1.29 is 9.84 Å². The Morgan fingerprint density at radius 3 is 2.58 bits per heavy atom. The SMILES string of the molecule is OC1CC(Oc2cncc(Cl)c2)C12CCCCCC2. The lowest BCUT2D eigenvalue weighted by molar-refractivity contribution is -0.163. The lowest BCUT2D eigenvalue weighted by Crippen LogP contribution is -2.59. The van der Waals surface area contributed by atoms with Crippen molar-refractivity contribution in [3.63, 3.8) is 0 Å². The molecule has 3 rings (SSSR count). The summed E-state index contributed by atoms with van der Waals surface area (Å²) >= 11 is 5.93. The lowest BCUT2D eigenvalue weighted by Gasteiger charge is -2.53. The number of halogens is 1. The van der Waals surface area contributed by atoms with Gasteiger partial charge in [-0.25, -0.2) is 0 Å². The Morgan fingerprint density at radius 2 is 1.95 bits per heavy atom. The first-order chi connectivity index (χ1) is 9.21. The molecule has 1 N–H and O–H groups in total. The highest BCUT2D eigenvalue weighted by Gasteiger charge is 2.55. The maximum absolute atomic E-state index is 10.2. The lowest BCUT2D eigenvalue weighted by atomic mass is 9.59. The second kappa shape index (κ2) is 5.29. The Bertz CT molecular complexity index is 444. The van der Waals surface area contributed by atoms with Gasteiger partial charge in [0.05, 0.1) is 17.3 Å². The minimum Gasteiger partial charge on any atom is -0.488 e. The third kappa shape index (κ3) is 2.46. The predicted molar refractivity (Wildman–Crippen MR) is 74.4 cm³/mol. The summed E-state index contributed by atoms with van der Waals surface area (Å²) in [6.45, 7) is 0. The Morgan fingerprint density at radius 1 is 1.21 bits per heavy atom. The number of aromatic nitrogens is 1. The van der Waals surface area contributed by atoms with Crippen molar-refractivity contribution in [2.45, 2.75) is 57.2 Å². The highest BCUT2D eigenvalue weighted by Crippen LogP contribution is 2.52. The monoisotopic (exact) mass is 281 g/mol. The molecule has 2 aliphatic carbocycles. The van der Waals surface area contributed by atoms with Crippen molar-refractivity contribution in [3.05, 3.63) is 23.5 Å². The molecule has 2 atom stereocenters. The number of aliphatic hydroxyl groups is 1. The van der Waals surface area contributed by atoms with Crippen LogP contribution >= 0.6 is 11.6 Å². The highest BCUT2D eigenvalue weighted by molar-refractivity contribution is 6.30. The van der Waals surface area contributed by atoms with Gasteiger partial charge in [-0.15, -0.1) is 0 Å². The molecule has 0 bridgehead atoms. The van der Waals surface area contributed by atoms with Crippen LogP contribution in [0.4, 0.5) is 0 Å². The van der Waals surface area contributed by atoms with E-state index in [1.165, 1.54) is 25.7 Å². The third-order valence-corrected chi connectivity index (χ3v) is 4.94. The number of pyridine rings is 1. The van der Waals surface area contributed by atoms with E-state index in [-0.39, 0.29) is 17.6 Å². The molecule has 3 nitrogen and oxygen atoms in total. The maximum atomic E-state index is 10.2. The van der Waals surface area contributed by atoms with Gasteiger partial charge in [0.25, 0.3) is 0 Å². The summed E-state index contributed by atoms with van der Waals surface area (Å²) < 4.78 is 6.04. The zero-order valence-electron chi connectivity index (χ0n) is 11.0. The first-order valence-corrected chi connectivity index (χ1v) is 7.54. The number of hydrogen-bond acceptors (Lipinski definition) is 3. The van der Waals surface area contributed by atoms with E-state index in [0.29, 0.717) is 10.8 Å². The summed E-state index contributed by atoms with van der Waals surface area (Å²) in [5.74, 6) is 0.716. The average Bonchev–Trinajstić information content (AvgIpc) is 2.66. The van der Waals surface area contributed by atoms with Gasteiger partial charge in [0.2, 0.25) is 0 Å². The van der Waals surface area contributed by atoms with E-state index in [4.69, 9.17) is 16.3 Å². The van der Waals surface area contributed by atoms with Crippen LogP contribution in [0.15, 0.2) is 18.5 Å². The van der Waals surface area contributed by atoms with Crippen molar-refractivity contribution in [1.82, 2.24) is 4.98 Å². The average molecular weight is 282 g/mol. The molecule has 2 aliphatic rings. The first kappa shape index (κ1) is 13.2. The van der Waals surface area contributed by atoms with Gasteiger partial charge in [-0.2, -0.15) is 0 Å². The smallest absolute Gasteiger partial charge is 0.139 e. The van der Waals surface area contributed by atoms with Crippen LogP contribution in [0.25, 0.3) is 0 Å². The standard InChI is InChI=1S/C15H20ClNO2/c16-11-7-12(10-17-9-11)19-14-8-13(18)15(14)5-3-1-2-4-6-15/h7,9-10,13-14,18H,1-6,8H2. The molecule has 0 aromatic carbocycles. The maximum Gasteiger partial charge on any atom is 0.139 e. The summed E-state index contributed by atoms with van der Waals surface area (Å²) in [6.07, 6.45) is 11.0. The number of ether oxygens (including phenoxy) is 1. The van der Waals surface area contributed by atoms with Gasteiger partial charge in [0.1, 0.15) is 11.9 Å². The topological polar surface area (TPSA) is 42.4 Å². The molecular formula is C15H20ClNO2. The minimum absolute atomic E-state index is 0.0290. The van der Waals surface area contributed by atoms with Crippen LogP contribution in [0.1, 0.15) is 44.9 Å². The zero-order valence-corrected chi connectivity index (χ0v) is 11.8. The zero-order chi connectivity index (χ0) is 13.3. The van der Waals surface area contributed by atoms with E-state index in [2.05, 4.69) is 4.98 Å². The largest absolute Gasteiger partial charge is 0.488 e. The van der Waals surface area contributed by atoms with Gasteiger partial charge >= 0.3 is 0 Å². The Hall–Kier alpha value is -0.800. The molecular weight excluding hydrogens is 262 g/mol. The summed E-state index contributed by atoms with van der Waals surface area (Å²) in [6, 6.07) is 1.80. The van der Waals surface area contributed by atoms with Gasteiger partial charge in [0.15, 0.2) is 0 Å². The van der Waals surface area contributed by atoms with E-state index in [9.17, 15) is 5.11 Å². The minimum atomic E-state index is -0.206. The summed E-state index contributed by atoms with van der Waals surface area (Å²) in [4.78, 5) is 4.05. The number of nitrogens with zero attached hydrogens (tertiary/aromatic N) is 1. The molecule has 1 aromatic rings. The molecule has 2 saturated carbocycles. The van der Waals surface area contributed by atoms with Crippen LogP contribution < -0.4 is 4.74 Å². The van der Waals surface area contributed by atoms with E-state index < -0.39 is 0 Å². The molecule has 0 radical (unpaired) electrons. The van der Waals surface area contributed by atoms with Crippen LogP contribution in [0.3, 0.4) is 0 Å². The quantitative estimate of drug-likeness (QED) is 0.901. The molecule has 104 valence electrons. The van der Waals surface area contributed by atoms with E-state index >= 15 is 0 Å². The van der Waals surface area contributed by atoms with E-state index in [1.807, 2.05) is 0 Å². The number of hydrogen-bond donors (Lipinski definition) is 1. The summed E-state index contributed by atoms with van der Waals surface area (Å²) in [7, 11) is 0. The molecule has 0 aliphatic heterocycles. The molecule has 0 amide bonds. The fourth-order valence-electron chi connectivity index (χ4n) is 3.55. The van der Waals surface area contributed by atoms with Crippen molar-refractivity contribution in [2.24, 2.45) is 5.41 Å². The van der Waals surface area contributed by atoms with Crippen LogP contribution in [-0.2, 0) is 0 Å². The fraction of sp³-hybridized carbons (Fsp3) is 0.667. The second-order valence-corrected chi connectivity index (χ2v) is 6.28. The molecule has 19 heavy (non-hydrogen) atoms. The fourth-order valence-corrected chi connectivity index (χ4v) is 3.72. The third-order valence-electron chi connectivity index (χ3n) is 4.73. The molecule has 2 unspecified atom stereocenters. The van der Waals surface area contributed by atoms with Gasteiger partial charge < -0.3 is 9.84 Å². The number of rotatable bonds is 2. The normalized spacial score (nSPS) is 29.6. The van der Waals surface area contributed by atoms with Crippen LogP contribution in [-0.4, -0.2) is 22.3 Å². The Kier molecular flexibility index (Phi) is 3.68. The first-order valence-electron chi connectivity index (χ1n) is 7.16. The molecule has 4 heteroatoms. The molecule has 1 aromatic heterocycles. The second-order valence-electron chi connectivity index (χ2n) is 5.84. The van der Waals surface area contributed by atoms with Gasteiger partial charge in [-0.3, -0.25) is 4.98 Å². The molecule has 0 saturated heterocycles. The van der Waals surface area contributed by atoms with Crippen molar-refractivity contribution >= 4 is 11.6 Å². The van der Waals surface area contributed by atoms with E-state index in [1.54, 1.807) is 18.5 Å². The van der Waals surface area contributed by atoms with Crippen LogP contribution in [0, 0.1) is 5.41 Å². The van der Waals surface area contributed by atoms with Gasteiger partial charge in [-0.1, -0.05) is 37.3 Å². The van der Waals surface area contributed by atoms with Crippen molar-refractivity contribution in [3.8, 4) is 5.75 Å². The molecule has 2 fully saturated rings. The van der Waals surface area contributed by atoms with Crippen molar-refractivity contribution in [1.29, 1.82) is 0 Å². The van der Waals surface area contributed by atoms with Crippen molar-refractivity contribution in [2.75, 3.05) is 0 Å². The Labute approximate surface area is 118 Å². The summed E-state index contributed by atoms with van der Waals surface area (Å²) in [5.41, 5.74) is -0.0290. The van der Waals surface area contributed by atoms with Crippen LogP contribution in [0.2, 0.25) is 5.02 Å².